The van der Waals surface area contributed by atoms with E-state index in [9.17, 15) is 22.8 Å². The van der Waals surface area contributed by atoms with Crippen LogP contribution in [0.5, 0.6) is 0 Å². The molecule has 0 unspecified atom stereocenters. The van der Waals surface area contributed by atoms with Crippen molar-refractivity contribution in [3.8, 4) is 0 Å². The number of rotatable bonds is 6. The number of anilines is 1. The molecular formula is C12H15F3N2O3S. The molecule has 1 heterocycles. The van der Waals surface area contributed by atoms with Gasteiger partial charge in [0.1, 0.15) is 4.88 Å². The fourth-order valence-corrected chi connectivity index (χ4v) is 2.32. The van der Waals surface area contributed by atoms with Gasteiger partial charge in [-0.1, -0.05) is 24.7 Å². The normalized spacial score (nSPS) is 11.3. The van der Waals surface area contributed by atoms with E-state index >= 15 is 0 Å². The minimum absolute atomic E-state index is 0.0494. The molecule has 1 N–H and O–H groups in total. The second kappa shape index (κ2) is 7.39. The number of carbonyl (C=O) groups excluding carboxylic acids is 2. The number of aromatic nitrogens is 1. The fraction of sp³-hybridized carbons (Fsp3) is 0.583. The van der Waals surface area contributed by atoms with Gasteiger partial charge in [0.05, 0.1) is 6.61 Å². The van der Waals surface area contributed by atoms with Gasteiger partial charge in [-0.05, 0) is 13.3 Å². The summed E-state index contributed by atoms with van der Waals surface area (Å²) in [4.78, 5) is 25.7. The quantitative estimate of drug-likeness (QED) is 0.814. The van der Waals surface area contributed by atoms with Crippen LogP contribution < -0.4 is 5.32 Å². The number of hydrogen-bond acceptors (Lipinski definition) is 5. The average Bonchev–Trinajstić information content (AvgIpc) is 2.80. The molecule has 0 atom stereocenters. The lowest BCUT2D eigenvalue weighted by Gasteiger charge is -2.04. The van der Waals surface area contributed by atoms with Gasteiger partial charge < -0.3 is 10.1 Å². The van der Waals surface area contributed by atoms with Crippen molar-refractivity contribution in [2.75, 3.05) is 11.9 Å². The molecule has 1 rings (SSSR count). The Labute approximate surface area is 123 Å². The maximum absolute atomic E-state index is 12.8. The number of nitrogens with zero attached hydrogens (tertiary/aromatic N) is 1. The van der Waals surface area contributed by atoms with Gasteiger partial charge in [0.15, 0.2) is 10.8 Å². The number of unbranched alkanes of at least 4 members (excludes halogenated alkanes) is 1. The number of esters is 1. The van der Waals surface area contributed by atoms with Crippen molar-refractivity contribution >= 4 is 28.3 Å². The van der Waals surface area contributed by atoms with Crippen LogP contribution in [0.2, 0.25) is 0 Å². The molecule has 0 aliphatic heterocycles. The lowest BCUT2D eigenvalue weighted by atomic mass is 10.2. The monoisotopic (exact) mass is 324 g/mol. The summed E-state index contributed by atoms with van der Waals surface area (Å²) in [5.74, 6) is -1.54. The molecule has 0 saturated heterocycles. The summed E-state index contributed by atoms with van der Waals surface area (Å²) < 4.78 is 43.0. The predicted molar refractivity (Wildman–Crippen MR) is 71.2 cm³/mol. The minimum atomic E-state index is -4.79. The standard InChI is InChI=1S/C12H15F3N2O3S/c1-3-5-6-7(18)16-11-17-9(12(13,14)15)8(21-11)10(19)20-4-2/h3-6H2,1-2H3,(H,16,17,18). The van der Waals surface area contributed by atoms with E-state index in [4.69, 9.17) is 0 Å². The van der Waals surface area contributed by atoms with Crippen LogP contribution in [-0.4, -0.2) is 23.5 Å². The number of ether oxygens (including phenoxy) is 1. The Morgan fingerprint density at radius 1 is 1.33 bits per heavy atom. The van der Waals surface area contributed by atoms with Gasteiger partial charge in [-0.25, -0.2) is 9.78 Å². The van der Waals surface area contributed by atoms with Crippen molar-refractivity contribution < 1.29 is 27.5 Å². The van der Waals surface area contributed by atoms with Crippen LogP contribution in [-0.2, 0) is 15.7 Å². The van der Waals surface area contributed by atoms with Crippen molar-refractivity contribution in [2.45, 2.75) is 39.3 Å². The highest BCUT2D eigenvalue weighted by Crippen LogP contribution is 2.36. The number of nitrogens with one attached hydrogen (secondary N) is 1. The maximum Gasteiger partial charge on any atom is 0.435 e. The third-order valence-electron chi connectivity index (χ3n) is 2.36. The molecule has 0 aliphatic rings. The fourth-order valence-electron chi connectivity index (χ4n) is 1.42. The number of alkyl halides is 3. The van der Waals surface area contributed by atoms with Crippen molar-refractivity contribution in [1.29, 1.82) is 0 Å². The van der Waals surface area contributed by atoms with Crippen molar-refractivity contribution in [3.05, 3.63) is 10.6 Å². The summed E-state index contributed by atoms with van der Waals surface area (Å²) in [6.07, 6.45) is -3.20. The van der Waals surface area contributed by atoms with Crippen LogP contribution in [0.4, 0.5) is 18.3 Å². The minimum Gasteiger partial charge on any atom is -0.462 e. The van der Waals surface area contributed by atoms with Gasteiger partial charge in [0.25, 0.3) is 0 Å². The van der Waals surface area contributed by atoms with Gasteiger partial charge in [-0.15, -0.1) is 0 Å². The molecule has 0 aliphatic carbocycles. The number of hydrogen-bond donors (Lipinski definition) is 1. The summed E-state index contributed by atoms with van der Waals surface area (Å²) >= 11 is 0.459. The highest BCUT2D eigenvalue weighted by Gasteiger charge is 2.40. The molecule has 0 spiro atoms. The zero-order chi connectivity index (χ0) is 16.0. The van der Waals surface area contributed by atoms with Crippen LogP contribution in [0.3, 0.4) is 0 Å². The number of amides is 1. The lowest BCUT2D eigenvalue weighted by Crippen LogP contribution is -2.14. The molecule has 118 valence electrons. The van der Waals surface area contributed by atoms with Crippen LogP contribution in [0, 0.1) is 0 Å². The Balaban J connectivity index is 2.98. The number of carbonyl (C=O) groups is 2. The first kappa shape index (κ1) is 17.4. The summed E-state index contributed by atoms with van der Waals surface area (Å²) in [6, 6.07) is 0. The Bertz CT molecular complexity index is 514. The van der Waals surface area contributed by atoms with Crippen molar-refractivity contribution in [2.24, 2.45) is 0 Å². The topological polar surface area (TPSA) is 68.3 Å². The molecule has 1 amide bonds. The van der Waals surface area contributed by atoms with E-state index in [1.807, 2.05) is 6.92 Å². The lowest BCUT2D eigenvalue weighted by molar-refractivity contribution is -0.141. The average molecular weight is 324 g/mol. The zero-order valence-electron chi connectivity index (χ0n) is 11.5. The molecule has 0 bridgehead atoms. The Kier molecular flexibility index (Phi) is 6.13. The van der Waals surface area contributed by atoms with E-state index < -0.39 is 28.6 Å². The van der Waals surface area contributed by atoms with Gasteiger partial charge in [-0.3, -0.25) is 4.79 Å². The first-order valence-electron chi connectivity index (χ1n) is 6.34. The second-order valence-corrected chi connectivity index (χ2v) is 5.07. The largest absolute Gasteiger partial charge is 0.462 e. The first-order valence-corrected chi connectivity index (χ1v) is 7.16. The molecule has 0 fully saturated rings. The highest BCUT2D eigenvalue weighted by molar-refractivity contribution is 7.17. The van der Waals surface area contributed by atoms with Gasteiger partial charge in [0.2, 0.25) is 5.91 Å². The molecule has 21 heavy (non-hydrogen) atoms. The summed E-state index contributed by atoms with van der Waals surface area (Å²) in [5.41, 5.74) is -1.34. The predicted octanol–water partition coefficient (Wildman–Crippen LogP) is 3.47. The third-order valence-corrected chi connectivity index (χ3v) is 3.31. The first-order chi connectivity index (χ1) is 9.79. The van der Waals surface area contributed by atoms with E-state index in [-0.39, 0.29) is 18.2 Å². The van der Waals surface area contributed by atoms with E-state index in [2.05, 4.69) is 15.0 Å². The second-order valence-electron chi connectivity index (χ2n) is 4.07. The van der Waals surface area contributed by atoms with Crippen molar-refractivity contribution in [3.63, 3.8) is 0 Å². The van der Waals surface area contributed by atoms with Crippen LogP contribution in [0.25, 0.3) is 0 Å². The van der Waals surface area contributed by atoms with E-state index in [1.54, 1.807) is 0 Å². The summed E-state index contributed by atoms with van der Waals surface area (Å²) in [7, 11) is 0. The molecule has 1 aromatic rings. The SMILES string of the molecule is CCCCC(=O)Nc1nc(C(F)(F)F)c(C(=O)OCC)s1. The van der Waals surface area contributed by atoms with E-state index in [1.165, 1.54) is 6.92 Å². The maximum atomic E-state index is 12.8. The highest BCUT2D eigenvalue weighted by atomic mass is 32.1. The molecule has 0 radical (unpaired) electrons. The van der Waals surface area contributed by atoms with Gasteiger partial charge in [0, 0.05) is 6.42 Å². The third kappa shape index (κ3) is 5.00. The van der Waals surface area contributed by atoms with Gasteiger partial charge in [-0.2, -0.15) is 13.2 Å². The Morgan fingerprint density at radius 3 is 2.52 bits per heavy atom. The number of thiazole rings is 1. The zero-order valence-corrected chi connectivity index (χ0v) is 12.4. The Morgan fingerprint density at radius 2 is 2.00 bits per heavy atom. The Hall–Kier alpha value is -1.64. The van der Waals surface area contributed by atoms with Crippen LogP contribution >= 0.6 is 11.3 Å². The summed E-state index contributed by atoms with van der Waals surface area (Å²) in [6.45, 7) is 3.32. The molecule has 0 aromatic carbocycles. The van der Waals surface area contributed by atoms with Gasteiger partial charge >= 0.3 is 12.1 Å². The number of halogens is 3. The van der Waals surface area contributed by atoms with E-state index in [0.717, 1.165) is 6.42 Å². The molecule has 9 heteroatoms. The van der Waals surface area contributed by atoms with Crippen molar-refractivity contribution in [1.82, 2.24) is 4.98 Å². The molecule has 1 aromatic heterocycles. The molecular weight excluding hydrogens is 309 g/mol. The van der Waals surface area contributed by atoms with Crippen LogP contribution in [0.15, 0.2) is 0 Å². The van der Waals surface area contributed by atoms with E-state index in [0.29, 0.717) is 17.8 Å². The summed E-state index contributed by atoms with van der Waals surface area (Å²) in [5, 5.41) is 2.01. The molecule has 0 saturated carbocycles. The molecule has 5 nitrogen and oxygen atoms in total. The van der Waals surface area contributed by atoms with Crippen LogP contribution in [0.1, 0.15) is 48.5 Å². The smallest absolute Gasteiger partial charge is 0.435 e.